The van der Waals surface area contributed by atoms with Crippen molar-refractivity contribution in [3.05, 3.63) is 35.0 Å². The fraction of sp³-hybridized carbons (Fsp3) is 0.471. The van der Waals surface area contributed by atoms with Crippen LogP contribution in [0.15, 0.2) is 28.7 Å². The van der Waals surface area contributed by atoms with Crippen LogP contribution in [-0.4, -0.2) is 31.3 Å². The standard InChI is InChI=1S/C17H20ClN3O3/c18-12-3-1-2-11-8-14(24-16(11)12)17(22)19-15-9-13(20-21-15)10-4-6-23-7-5-10/h1-3,8,10,13,15,20-21H,4-7,9H2,(H,19,22). The summed E-state index contributed by atoms with van der Waals surface area (Å²) < 4.78 is 11.0. The highest BCUT2D eigenvalue weighted by molar-refractivity contribution is 6.34. The van der Waals surface area contributed by atoms with Crippen molar-refractivity contribution in [2.75, 3.05) is 13.2 Å². The summed E-state index contributed by atoms with van der Waals surface area (Å²) in [5.74, 6) is 0.613. The lowest BCUT2D eigenvalue weighted by Gasteiger charge is -2.26. The van der Waals surface area contributed by atoms with E-state index >= 15 is 0 Å². The molecule has 128 valence electrons. The smallest absolute Gasteiger partial charge is 0.288 e. The Labute approximate surface area is 144 Å². The third kappa shape index (κ3) is 3.15. The molecule has 0 aliphatic carbocycles. The van der Waals surface area contributed by atoms with E-state index in [1.807, 2.05) is 12.1 Å². The number of fused-ring (bicyclic) bond motifs is 1. The van der Waals surface area contributed by atoms with Gasteiger partial charge in [0, 0.05) is 24.6 Å². The first-order valence-electron chi connectivity index (χ1n) is 8.28. The SMILES string of the molecule is O=C(NC1CC(C2CCOCC2)NN1)c1cc2cccc(Cl)c2o1. The van der Waals surface area contributed by atoms with E-state index in [2.05, 4.69) is 16.2 Å². The van der Waals surface area contributed by atoms with Gasteiger partial charge in [-0.15, -0.1) is 0 Å². The maximum atomic E-state index is 12.4. The number of hydrogen-bond donors (Lipinski definition) is 3. The number of carbonyl (C=O) groups excluding carboxylic acids is 1. The second kappa shape index (κ2) is 6.72. The van der Waals surface area contributed by atoms with E-state index in [0.717, 1.165) is 37.9 Å². The molecule has 1 aromatic heterocycles. The highest BCUT2D eigenvalue weighted by Gasteiger charge is 2.32. The van der Waals surface area contributed by atoms with E-state index in [-0.39, 0.29) is 17.8 Å². The number of nitrogens with one attached hydrogen (secondary N) is 3. The molecule has 3 heterocycles. The van der Waals surface area contributed by atoms with Gasteiger partial charge in [-0.05, 0) is 37.3 Å². The Morgan fingerprint density at radius 3 is 2.88 bits per heavy atom. The van der Waals surface area contributed by atoms with E-state index in [9.17, 15) is 4.79 Å². The van der Waals surface area contributed by atoms with E-state index in [0.29, 0.717) is 22.6 Å². The van der Waals surface area contributed by atoms with Gasteiger partial charge in [0.2, 0.25) is 0 Å². The average Bonchev–Trinajstić information content (AvgIpc) is 3.23. The number of para-hydroxylation sites is 1. The fourth-order valence-electron chi connectivity index (χ4n) is 3.47. The van der Waals surface area contributed by atoms with Gasteiger partial charge in [0.1, 0.15) is 0 Å². The van der Waals surface area contributed by atoms with Crippen LogP contribution in [0.5, 0.6) is 0 Å². The van der Waals surface area contributed by atoms with Crippen molar-refractivity contribution in [1.29, 1.82) is 0 Å². The van der Waals surface area contributed by atoms with Crippen molar-refractivity contribution in [1.82, 2.24) is 16.2 Å². The van der Waals surface area contributed by atoms with Crippen molar-refractivity contribution in [3.8, 4) is 0 Å². The number of benzene rings is 1. The molecule has 4 rings (SSSR count). The van der Waals surface area contributed by atoms with Crippen LogP contribution in [0.3, 0.4) is 0 Å². The maximum absolute atomic E-state index is 12.4. The third-order valence-electron chi connectivity index (χ3n) is 4.79. The summed E-state index contributed by atoms with van der Waals surface area (Å²) in [5, 5.41) is 4.29. The van der Waals surface area contributed by atoms with Crippen LogP contribution in [0.4, 0.5) is 0 Å². The van der Waals surface area contributed by atoms with Gasteiger partial charge >= 0.3 is 0 Å². The summed E-state index contributed by atoms with van der Waals surface area (Å²) in [7, 11) is 0. The molecular weight excluding hydrogens is 330 g/mol. The second-order valence-electron chi connectivity index (χ2n) is 6.38. The van der Waals surface area contributed by atoms with Crippen LogP contribution in [0.1, 0.15) is 29.8 Å². The highest BCUT2D eigenvalue weighted by atomic mass is 35.5. The summed E-state index contributed by atoms with van der Waals surface area (Å²) in [6, 6.07) is 7.52. The lowest BCUT2D eigenvalue weighted by Crippen LogP contribution is -2.44. The Bertz CT molecular complexity index is 742. The molecule has 24 heavy (non-hydrogen) atoms. The minimum absolute atomic E-state index is 0.117. The Morgan fingerprint density at radius 2 is 2.08 bits per heavy atom. The van der Waals surface area contributed by atoms with Crippen LogP contribution < -0.4 is 16.2 Å². The van der Waals surface area contributed by atoms with Gasteiger partial charge in [0.25, 0.3) is 5.91 Å². The molecule has 6 nitrogen and oxygen atoms in total. The lowest BCUT2D eigenvalue weighted by atomic mass is 9.90. The lowest BCUT2D eigenvalue weighted by molar-refractivity contribution is 0.0553. The van der Waals surface area contributed by atoms with Gasteiger partial charge in [-0.1, -0.05) is 23.7 Å². The number of carbonyl (C=O) groups is 1. The van der Waals surface area contributed by atoms with Crippen LogP contribution >= 0.6 is 11.6 Å². The number of amides is 1. The number of ether oxygens (including phenoxy) is 1. The molecule has 3 N–H and O–H groups in total. The van der Waals surface area contributed by atoms with Crippen molar-refractivity contribution >= 4 is 28.5 Å². The third-order valence-corrected chi connectivity index (χ3v) is 5.09. The van der Waals surface area contributed by atoms with Crippen molar-refractivity contribution < 1.29 is 13.9 Å². The number of halogens is 1. The van der Waals surface area contributed by atoms with Crippen LogP contribution in [0, 0.1) is 5.92 Å². The van der Waals surface area contributed by atoms with Crippen molar-refractivity contribution in [2.24, 2.45) is 5.92 Å². The van der Waals surface area contributed by atoms with Gasteiger partial charge in [-0.2, -0.15) is 0 Å². The molecule has 2 aliphatic rings. The summed E-state index contributed by atoms with van der Waals surface area (Å²) in [4.78, 5) is 12.4. The largest absolute Gasteiger partial charge is 0.449 e. The molecule has 0 bridgehead atoms. The molecule has 0 spiro atoms. The number of hydrogen-bond acceptors (Lipinski definition) is 5. The summed E-state index contributed by atoms with van der Waals surface area (Å²) in [5.41, 5.74) is 7.00. The zero-order valence-electron chi connectivity index (χ0n) is 13.2. The van der Waals surface area contributed by atoms with E-state index in [1.54, 1.807) is 12.1 Å². The molecule has 1 amide bonds. The Morgan fingerprint density at radius 1 is 1.25 bits per heavy atom. The number of hydrazine groups is 1. The molecule has 2 atom stereocenters. The minimum atomic E-state index is -0.241. The fourth-order valence-corrected chi connectivity index (χ4v) is 3.69. The molecule has 1 aromatic carbocycles. The second-order valence-corrected chi connectivity index (χ2v) is 6.78. The van der Waals surface area contributed by atoms with Gasteiger partial charge in [-0.25, -0.2) is 5.43 Å². The molecular formula is C17H20ClN3O3. The number of furan rings is 1. The quantitative estimate of drug-likeness (QED) is 0.793. The van der Waals surface area contributed by atoms with Crippen molar-refractivity contribution in [3.63, 3.8) is 0 Å². The first kappa shape index (κ1) is 15.9. The predicted octanol–water partition coefficient (Wildman–Crippen LogP) is 2.44. The normalized spacial score (nSPS) is 25.2. The van der Waals surface area contributed by atoms with Crippen molar-refractivity contribution in [2.45, 2.75) is 31.5 Å². The summed E-state index contributed by atoms with van der Waals surface area (Å²) >= 11 is 6.09. The van der Waals surface area contributed by atoms with Gasteiger partial charge in [-0.3, -0.25) is 10.2 Å². The first-order chi connectivity index (χ1) is 11.7. The first-order valence-corrected chi connectivity index (χ1v) is 8.66. The zero-order chi connectivity index (χ0) is 16.5. The highest BCUT2D eigenvalue weighted by Crippen LogP contribution is 2.27. The van der Waals surface area contributed by atoms with Gasteiger partial charge in [0.15, 0.2) is 11.3 Å². The summed E-state index contributed by atoms with van der Waals surface area (Å²) in [6.07, 6.45) is 2.84. The van der Waals surface area contributed by atoms with E-state index in [4.69, 9.17) is 20.8 Å². The molecule has 2 aromatic rings. The Kier molecular flexibility index (Phi) is 4.45. The summed E-state index contributed by atoms with van der Waals surface area (Å²) in [6.45, 7) is 1.64. The monoisotopic (exact) mass is 349 g/mol. The van der Waals surface area contributed by atoms with E-state index < -0.39 is 0 Å². The van der Waals surface area contributed by atoms with Gasteiger partial charge < -0.3 is 14.5 Å². The molecule has 2 aliphatic heterocycles. The molecule has 2 saturated heterocycles. The van der Waals surface area contributed by atoms with E-state index in [1.165, 1.54) is 0 Å². The van der Waals surface area contributed by atoms with Gasteiger partial charge in [0.05, 0.1) is 11.2 Å². The topological polar surface area (TPSA) is 75.5 Å². The minimum Gasteiger partial charge on any atom is -0.449 e. The molecule has 0 radical (unpaired) electrons. The number of rotatable bonds is 3. The Hall–Kier alpha value is -1.60. The molecule has 2 fully saturated rings. The van der Waals surface area contributed by atoms with Crippen LogP contribution in [0.2, 0.25) is 5.02 Å². The zero-order valence-corrected chi connectivity index (χ0v) is 13.9. The van der Waals surface area contributed by atoms with Crippen LogP contribution in [0.25, 0.3) is 11.0 Å². The molecule has 0 saturated carbocycles. The van der Waals surface area contributed by atoms with Crippen LogP contribution in [-0.2, 0) is 4.74 Å². The maximum Gasteiger partial charge on any atom is 0.288 e. The Balaban J connectivity index is 1.39. The molecule has 7 heteroatoms. The predicted molar refractivity (Wildman–Crippen MR) is 90.7 cm³/mol. The average molecular weight is 350 g/mol. The molecule has 2 unspecified atom stereocenters.